The van der Waals surface area contributed by atoms with Crippen LogP contribution in [0.4, 0.5) is 11.5 Å². The summed E-state index contributed by atoms with van der Waals surface area (Å²) in [5.74, 6) is -0.359. The van der Waals surface area contributed by atoms with Gasteiger partial charge in [-0.2, -0.15) is 0 Å². The van der Waals surface area contributed by atoms with Gasteiger partial charge in [0.25, 0.3) is 0 Å². The highest BCUT2D eigenvalue weighted by atomic mass is 16.5. The molecular formula is C17H17N3O4. The summed E-state index contributed by atoms with van der Waals surface area (Å²) in [5.41, 5.74) is 0.690. The fourth-order valence-corrected chi connectivity index (χ4v) is 2.62. The lowest BCUT2D eigenvalue weighted by molar-refractivity contribution is -0.122. The fourth-order valence-electron chi connectivity index (χ4n) is 2.62. The van der Waals surface area contributed by atoms with E-state index in [0.29, 0.717) is 11.4 Å². The lowest BCUT2D eigenvalue weighted by Crippen LogP contribution is -2.28. The number of carbonyl (C=O) groups excluding carboxylic acids is 2. The largest absolute Gasteiger partial charge is 0.504 e. The Bertz CT molecular complexity index is 778. The molecule has 2 aromatic rings. The number of benzene rings is 1. The van der Waals surface area contributed by atoms with Crippen molar-refractivity contribution in [3.05, 3.63) is 42.6 Å². The Hall–Kier alpha value is -3.09. The van der Waals surface area contributed by atoms with Crippen molar-refractivity contribution in [2.24, 2.45) is 5.92 Å². The molecule has 2 amide bonds. The van der Waals surface area contributed by atoms with Crippen molar-refractivity contribution in [2.75, 3.05) is 23.9 Å². The number of rotatable bonds is 4. The third-order valence-electron chi connectivity index (χ3n) is 3.89. The number of nitrogens with one attached hydrogen (secondary N) is 1. The van der Waals surface area contributed by atoms with Crippen molar-refractivity contribution >= 4 is 23.3 Å². The monoisotopic (exact) mass is 327 g/mol. The number of nitrogens with zero attached hydrogens (tertiary/aromatic N) is 2. The van der Waals surface area contributed by atoms with E-state index in [0.717, 1.165) is 0 Å². The minimum Gasteiger partial charge on any atom is -0.504 e. The van der Waals surface area contributed by atoms with Crippen molar-refractivity contribution in [2.45, 2.75) is 6.42 Å². The van der Waals surface area contributed by atoms with Gasteiger partial charge in [-0.15, -0.1) is 0 Å². The predicted octanol–water partition coefficient (Wildman–Crippen LogP) is 1.79. The number of hydrogen-bond acceptors (Lipinski definition) is 5. The second-order valence-electron chi connectivity index (χ2n) is 5.47. The summed E-state index contributed by atoms with van der Waals surface area (Å²) in [6.07, 6.45) is 1.58. The van der Waals surface area contributed by atoms with Crippen molar-refractivity contribution in [1.29, 1.82) is 0 Å². The SMILES string of the molecule is COc1cccc(N2C[C@H](C(=O)Nc3ncccc3O)CC2=O)c1. The third-order valence-corrected chi connectivity index (χ3v) is 3.89. The van der Waals surface area contributed by atoms with Gasteiger partial charge in [-0.1, -0.05) is 6.07 Å². The van der Waals surface area contributed by atoms with E-state index in [4.69, 9.17) is 4.74 Å². The van der Waals surface area contributed by atoms with Crippen LogP contribution in [0.3, 0.4) is 0 Å². The Morgan fingerprint density at radius 2 is 2.21 bits per heavy atom. The molecule has 7 heteroatoms. The molecule has 2 heterocycles. The number of amides is 2. The zero-order valence-corrected chi connectivity index (χ0v) is 13.1. The van der Waals surface area contributed by atoms with Gasteiger partial charge in [0, 0.05) is 30.9 Å². The highest BCUT2D eigenvalue weighted by Gasteiger charge is 2.35. The van der Waals surface area contributed by atoms with Crippen LogP contribution in [-0.2, 0) is 9.59 Å². The molecular weight excluding hydrogens is 310 g/mol. The molecule has 0 saturated carbocycles. The summed E-state index contributed by atoms with van der Waals surface area (Å²) in [7, 11) is 1.56. The fraction of sp³-hybridized carbons (Fsp3) is 0.235. The lowest BCUT2D eigenvalue weighted by Gasteiger charge is -2.17. The molecule has 1 atom stereocenters. The maximum absolute atomic E-state index is 12.3. The first kappa shape index (κ1) is 15.8. The molecule has 1 aromatic carbocycles. The Kier molecular flexibility index (Phi) is 4.33. The standard InChI is InChI=1S/C17H17N3O4/c1-24-13-5-2-4-12(9-13)20-10-11(8-15(20)22)17(23)19-16-14(21)6-3-7-18-16/h2-7,9,11,21H,8,10H2,1H3,(H,18,19,23)/t11-/m1/s1. The van der Waals surface area contributed by atoms with Gasteiger partial charge in [-0.25, -0.2) is 4.98 Å². The van der Waals surface area contributed by atoms with Crippen LogP contribution in [-0.4, -0.2) is 35.6 Å². The quantitative estimate of drug-likeness (QED) is 0.893. The van der Waals surface area contributed by atoms with Crippen LogP contribution in [0.25, 0.3) is 0 Å². The van der Waals surface area contributed by atoms with Gasteiger partial charge in [-0.05, 0) is 24.3 Å². The van der Waals surface area contributed by atoms with Gasteiger partial charge in [0.05, 0.1) is 13.0 Å². The van der Waals surface area contributed by atoms with E-state index in [1.165, 1.54) is 12.3 Å². The number of carbonyl (C=O) groups is 2. The van der Waals surface area contributed by atoms with Crippen LogP contribution < -0.4 is 15.0 Å². The maximum Gasteiger partial charge on any atom is 0.231 e. The van der Waals surface area contributed by atoms with Crippen LogP contribution in [0.5, 0.6) is 11.5 Å². The maximum atomic E-state index is 12.3. The number of methoxy groups -OCH3 is 1. The van der Waals surface area contributed by atoms with E-state index in [9.17, 15) is 14.7 Å². The number of aromatic hydroxyl groups is 1. The number of hydrogen-bond donors (Lipinski definition) is 2. The van der Waals surface area contributed by atoms with Crippen LogP contribution in [0.1, 0.15) is 6.42 Å². The average molecular weight is 327 g/mol. The first-order valence-corrected chi connectivity index (χ1v) is 7.47. The van der Waals surface area contributed by atoms with E-state index >= 15 is 0 Å². The summed E-state index contributed by atoms with van der Waals surface area (Å²) in [5, 5.41) is 12.2. The molecule has 1 aliphatic rings. The third kappa shape index (κ3) is 3.15. The smallest absolute Gasteiger partial charge is 0.231 e. The minimum absolute atomic E-state index is 0.0924. The molecule has 24 heavy (non-hydrogen) atoms. The first-order chi connectivity index (χ1) is 11.6. The van der Waals surface area contributed by atoms with Gasteiger partial charge in [0.2, 0.25) is 11.8 Å². The topological polar surface area (TPSA) is 91.8 Å². The Balaban J connectivity index is 1.72. The van der Waals surface area contributed by atoms with Crippen molar-refractivity contribution in [3.63, 3.8) is 0 Å². The van der Waals surface area contributed by atoms with E-state index in [1.807, 2.05) is 0 Å². The predicted molar refractivity (Wildman–Crippen MR) is 88.0 cm³/mol. The molecule has 124 valence electrons. The van der Waals surface area contributed by atoms with Crippen molar-refractivity contribution < 1.29 is 19.4 Å². The van der Waals surface area contributed by atoms with Crippen LogP contribution in [0, 0.1) is 5.92 Å². The molecule has 1 saturated heterocycles. The Labute approximate surface area is 138 Å². The number of anilines is 2. The van der Waals surface area contributed by atoms with E-state index in [1.54, 1.807) is 42.3 Å². The minimum atomic E-state index is -0.509. The van der Waals surface area contributed by atoms with Crippen LogP contribution in [0.2, 0.25) is 0 Å². The molecule has 0 aliphatic carbocycles. The van der Waals surface area contributed by atoms with Gasteiger partial charge in [0.15, 0.2) is 11.6 Å². The number of ether oxygens (including phenoxy) is 1. The van der Waals surface area contributed by atoms with Crippen LogP contribution >= 0.6 is 0 Å². The first-order valence-electron chi connectivity index (χ1n) is 7.47. The highest BCUT2D eigenvalue weighted by Crippen LogP contribution is 2.29. The van der Waals surface area contributed by atoms with Gasteiger partial charge in [0.1, 0.15) is 5.75 Å². The molecule has 1 fully saturated rings. The second-order valence-corrected chi connectivity index (χ2v) is 5.47. The molecule has 2 N–H and O–H groups in total. The van der Waals surface area contributed by atoms with E-state index in [2.05, 4.69) is 10.3 Å². The second kappa shape index (κ2) is 6.57. The van der Waals surface area contributed by atoms with E-state index in [-0.39, 0.29) is 36.3 Å². The van der Waals surface area contributed by atoms with Crippen molar-refractivity contribution in [3.8, 4) is 11.5 Å². The Morgan fingerprint density at radius 3 is 2.96 bits per heavy atom. The van der Waals surface area contributed by atoms with Crippen LogP contribution in [0.15, 0.2) is 42.6 Å². The Morgan fingerprint density at radius 1 is 1.38 bits per heavy atom. The molecule has 3 rings (SSSR count). The van der Waals surface area contributed by atoms with E-state index < -0.39 is 5.92 Å². The molecule has 7 nitrogen and oxygen atoms in total. The summed E-state index contributed by atoms with van der Waals surface area (Å²) in [6.45, 7) is 0.269. The number of aromatic nitrogens is 1. The zero-order chi connectivity index (χ0) is 17.1. The lowest BCUT2D eigenvalue weighted by atomic mass is 10.1. The van der Waals surface area contributed by atoms with Crippen molar-refractivity contribution in [1.82, 2.24) is 4.98 Å². The van der Waals surface area contributed by atoms with Gasteiger partial charge in [-0.3, -0.25) is 9.59 Å². The summed E-state index contributed by atoms with van der Waals surface area (Å²) in [6, 6.07) is 10.1. The summed E-state index contributed by atoms with van der Waals surface area (Å²) in [4.78, 5) is 30.1. The molecule has 0 bridgehead atoms. The molecule has 0 radical (unpaired) electrons. The molecule has 1 aromatic heterocycles. The summed E-state index contributed by atoms with van der Waals surface area (Å²) >= 11 is 0. The zero-order valence-electron chi connectivity index (χ0n) is 13.1. The normalized spacial score (nSPS) is 17.0. The molecule has 0 spiro atoms. The molecule has 1 aliphatic heterocycles. The number of pyridine rings is 1. The van der Waals surface area contributed by atoms with Gasteiger partial charge >= 0.3 is 0 Å². The van der Waals surface area contributed by atoms with Gasteiger partial charge < -0.3 is 20.1 Å². The highest BCUT2D eigenvalue weighted by molar-refractivity contribution is 6.03. The average Bonchev–Trinajstić information content (AvgIpc) is 2.99. The summed E-state index contributed by atoms with van der Waals surface area (Å²) < 4.78 is 5.16. The molecule has 0 unspecified atom stereocenters.